The maximum atomic E-state index is 12.8. The van der Waals surface area contributed by atoms with Gasteiger partial charge in [-0.15, -0.1) is 11.8 Å². The number of likely N-dealkylation sites (tertiary alicyclic amines) is 1. The summed E-state index contributed by atoms with van der Waals surface area (Å²) in [5.74, 6) is 1.63. The summed E-state index contributed by atoms with van der Waals surface area (Å²) in [6, 6.07) is 5.04. The van der Waals surface area contributed by atoms with Gasteiger partial charge in [-0.25, -0.2) is 18.4 Å². The standard InChI is InChI=1S/C19H28N6O3S2/c1-3-15(2)25(13-19(26)24-8-4-5-16(24)11-20)22-18-7-6-17(12-21-18)30(27,28)23-9-10-29-14-23/h6-7,12,15-16H,3-5,8-10,13-14H2,1-2H3,(H,21,22)/t15-,16?/m0/s1. The first-order valence-electron chi connectivity index (χ1n) is 10.1. The normalized spacial score (nSPS) is 21.0. The highest BCUT2D eigenvalue weighted by atomic mass is 32.2. The van der Waals surface area contributed by atoms with E-state index < -0.39 is 10.0 Å². The number of amides is 1. The SMILES string of the molecule is CC[C@H](C)N(CC(=O)N1CCCC1C#N)Nc1ccc(S(=O)(=O)N2CCSC2)cn1. The van der Waals surface area contributed by atoms with E-state index in [4.69, 9.17) is 0 Å². The zero-order valence-corrected chi connectivity index (χ0v) is 19.0. The third kappa shape index (κ3) is 5.06. The summed E-state index contributed by atoms with van der Waals surface area (Å²) >= 11 is 1.59. The molecule has 1 amide bonds. The van der Waals surface area contributed by atoms with Crippen molar-refractivity contribution in [2.24, 2.45) is 0 Å². The largest absolute Gasteiger partial charge is 0.325 e. The van der Waals surface area contributed by atoms with Crippen molar-refractivity contribution in [2.75, 3.05) is 36.7 Å². The molecule has 2 atom stereocenters. The lowest BCUT2D eigenvalue weighted by atomic mass is 10.2. The lowest BCUT2D eigenvalue weighted by molar-refractivity contribution is -0.132. The fourth-order valence-electron chi connectivity index (χ4n) is 3.44. The number of hydrazine groups is 1. The van der Waals surface area contributed by atoms with Crippen LogP contribution in [0, 0.1) is 11.3 Å². The van der Waals surface area contributed by atoms with Crippen LogP contribution < -0.4 is 5.43 Å². The minimum Gasteiger partial charge on any atom is -0.325 e. The maximum Gasteiger partial charge on any atom is 0.245 e. The molecule has 3 heterocycles. The van der Waals surface area contributed by atoms with Crippen LogP contribution in [0.15, 0.2) is 23.2 Å². The van der Waals surface area contributed by atoms with Gasteiger partial charge in [-0.1, -0.05) is 6.92 Å². The average molecular weight is 453 g/mol. The lowest BCUT2D eigenvalue weighted by Gasteiger charge is -2.31. The monoisotopic (exact) mass is 452 g/mol. The van der Waals surface area contributed by atoms with E-state index in [1.54, 1.807) is 27.7 Å². The first-order valence-corrected chi connectivity index (χ1v) is 12.7. The minimum absolute atomic E-state index is 0.0453. The van der Waals surface area contributed by atoms with Crippen LogP contribution in [-0.2, 0) is 14.8 Å². The molecule has 2 aliphatic heterocycles. The Morgan fingerprint density at radius 1 is 1.47 bits per heavy atom. The van der Waals surface area contributed by atoms with E-state index >= 15 is 0 Å². The second kappa shape index (κ2) is 9.96. The summed E-state index contributed by atoms with van der Waals surface area (Å²) in [5, 5.41) is 11.0. The van der Waals surface area contributed by atoms with E-state index in [9.17, 15) is 18.5 Å². The lowest BCUT2D eigenvalue weighted by Crippen LogP contribution is -2.47. The summed E-state index contributed by atoms with van der Waals surface area (Å²) in [6.45, 7) is 5.24. The molecule has 1 N–H and O–H groups in total. The Kier molecular flexibility index (Phi) is 7.57. The minimum atomic E-state index is -3.53. The molecule has 30 heavy (non-hydrogen) atoms. The van der Waals surface area contributed by atoms with Crippen LogP contribution in [-0.4, -0.2) is 76.9 Å². The van der Waals surface area contributed by atoms with Crippen LogP contribution in [0.1, 0.15) is 33.1 Å². The number of nitriles is 1. The number of aromatic nitrogens is 1. The molecule has 1 aromatic heterocycles. The van der Waals surface area contributed by atoms with Gasteiger partial charge in [0.2, 0.25) is 15.9 Å². The maximum absolute atomic E-state index is 12.8. The van der Waals surface area contributed by atoms with Gasteiger partial charge in [-0.3, -0.25) is 4.79 Å². The molecule has 0 aliphatic carbocycles. The topological polar surface area (TPSA) is 110 Å². The summed E-state index contributed by atoms with van der Waals surface area (Å²) in [5.41, 5.74) is 3.14. The van der Waals surface area contributed by atoms with Gasteiger partial charge < -0.3 is 10.3 Å². The van der Waals surface area contributed by atoms with Crippen LogP contribution in [0.2, 0.25) is 0 Å². The van der Waals surface area contributed by atoms with Crippen LogP contribution >= 0.6 is 11.8 Å². The van der Waals surface area contributed by atoms with Gasteiger partial charge in [0, 0.05) is 31.1 Å². The van der Waals surface area contributed by atoms with Crippen LogP contribution in [0.5, 0.6) is 0 Å². The highest BCUT2D eigenvalue weighted by Crippen LogP contribution is 2.23. The second-order valence-electron chi connectivity index (χ2n) is 7.47. The molecule has 164 valence electrons. The Labute approximate surface area is 182 Å². The molecule has 9 nitrogen and oxygen atoms in total. The summed E-state index contributed by atoms with van der Waals surface area (Å²) in [6.07, 6.45) is 3.71. The number of nitrogens with zero attached hydrogens (tertiary/aromatic N) is 5. The van der Waals surface area contributed by atoms with E-state index in [0.717, 1.165) is 18.6 Å². The molecule has 0 radical (unpaired) electrons. The number of hydrogen-bond acceptors (Lipinski definition) is 8. The molecule has 0 aromatic carbocycles. The number of carbonyl (C=O) groups is 1. The van der Waals surface area contributed by atoms with Gasteiger partial charge in [0.05, 0.1) is 18.5 Å². The van der Waals surface area contributed by atoms with Crippen molar-refractivity contribution >= 4 is 33.5 Å². The Bertz CT molecular complexity index is 881. The summed E-state index contributed by atoms with van der Waals surface area (Å²) in [7, 11) is -3.53. The van der Waals surface area contributed by atoms with Gasteiger partial charge in [0.15, 0.2) is 0 Å². The van der Waals surface area contributed by atoms with E-state index in [2.05, 4.69) is 16.5 Å². The van der Waals surface area contributed by atoms with Crippen LogP contribution in [0.3, 0.4) is 0 Å². The molecule has 2 aliphatic rings. The van der Waals surface area contributed by atoms with Crippen molar-refractivity contribution in [3.8, 4) is 6.07 Å². The number of anilines is 1. The van der Waals surface area contributed by atoms with Gasteiger partial charge >= 0.3 is 0 Å². The molecule has 2 saturated heterocycles. The van der Waals surface area contributed by atoms with Gasteiger partial charge in [-0.05, 0) is 38.3 Å². The smallest absolute Gasteiger partial charge is 0.245 e. The van der Waals surface area contributed by atoms with Crippen molar-refractivity contribution in [1.29, 1.82) is 5.26 Å². The molecule has 1 unspecified atom stereocenters. The molecule has 11 heteroatoms. The number of nitrogens with one attached hydrogen (secondary N) is 1. The van der Waals surface area contributed by atoms with E-state index in [0.29, 0.717) is 31.2 Å². The quantitative estimate of drug-likeness (QED) is 0.594. The van der Waals surface area contributed by atoms with Crippen molar-refractivity contribution < 1.29 is 13.2 Å². The summed E-state index contributed by atoms with van der Waals surface area (Å²) < 4.78 is 26.7. The molecule has 0 spiro atoms. The van der Waals surface area contributed by atoms with Gasteiger partial charge in [0.1, 0.15) is 16.8 Å². The number of pyridine rings is 1. The molecule has 2 fully saturated rings. The predicted molar refractivity (Wildman–Crippen MR) is 116 cm³/mol. The first kappa shape index (κ1) is 22.8. The van der Waals surface area contributed by atoms with Crippen molar-refractivity contribution in [2.45, 2.75) is 50.1 Å². The van der Waals surface area contributed by atoms with E-state index in [1.165, 1.54) is 16.6 Å². The van der Waals surface area contributed by atoms with Crippen LogP contribution in [0.4, 0.5) is 5.82 Å². The third-order valence-electron chi connectivity index (χ3n) is 5.50. The van der Waals surface area contributed by atoms with Crippen molar-refractivity contribution in [1.82, 2.24) is 19.2 Å². The average Bonchev–Trinajstić information content (AvgIpc) is 3.45. The molecule has 0 bridgehead atoms. The van der Waals surface area contributed by atoms with Crippen LogP contribution in [0.25, 0.3) is 0 Å². The zero-order valence-electron chi connectivity index (χ0n) is 17.3. The second-order valence-corrected chi connectivity index (χ2v) is 10.5. The third-order valence-corrected chi connectivity index (χ3v) is 8.46. The predicted octanol–water partition coefficient (Wildman–Crippen LogP) is 1.72. The Balaban J connectivity index is 1.69. The van der Waals surface area contributed by atoms with Gasteiger partial charge in [0.25, 0.3) is 0 Å². The number of rotatable bonds is 8. The highest BCUT2D eigenvalue weighted by molar-refractivity contribution is 8.00. The molecular weight excluding hydrogens is 424 g/mol. The number of sulfonamides is 1. The fraction of sp³-hybridized carbons (Fsp3) is 0.632. The number of hydrogen-bond donors (Lipinski definition) is 1. The number of thioether (sulfide) groups is 1. The van der Waals surface area contributed by atoms with E-state index in [-0.39, 0.29) is 29.4 Å². The highest BCUT2D eigenvalue weighted by Gasteiger charge is 2.31. The van der Waals surface area contributed by atoms with E-state index in [1.807, 2.05) is 13.8 Å². The Morgan fingerprint density at radius 3 is 2.87 bits per heavy atom. The molecular formula is C19H28N6O3S2. The Morgan fingerprint density at radius 2 is 2.27 bits per heavy atom. The zero-order chi connectivity index (χ0) is 21.7. The van der Waals surface area contributed by atoms with Crippen molar-refractivity contribution in [3.63, 3.8) is 0 Å². The number of carbonyl (C=O) groups excluding carboxylic acids is 1. The molecule has 0 saturated carbocycles. The molecule has 3 rings (SSSR count). The van der Waals surface area contributed by atoms with Crippen molar-refractivity contribution in [3.05, 3.63) is 18.3 Å². The first-order chi connectivity index (χ1) is 14.4. The fourth-order valence-corrected chi connectivity index (χ4v) is 6.21. The van der Waals surface area contributed by atoms with Gasteiger partial charge in [-0.2, -0.15) is 9.57 Å². The molecule has 1 aromatic rings. The summed E-state index contributed by atoms with van der Waals surface area (Å²) in [4.78, 5) is 18.8. The Hall–Kier alpha value is -1.87.